The van der Waals surface area contributed by atoms with Gasteiger partial charge >= 0.3 is 0 Å². The maximum Gasteiger partial charge on any atom is 0.236 e. The molecule has 0 unspecified atom stereocenters. The average Bonchev–Trinajstić information content (AvgIpc) is 3.21. The lowest BCUT2D eigenvalue weighted by Gasteiger charge is -2.17. The fourth-order valence-corrected chi connectivity index (χ4v) is 1.91. The first-order valence-corrected chi connectivity index (χ1v) is 6.74. The van der Waals surface area contributed by atoms with Crippen molar-refractivity contribution in [1.29, 1.82) is 0 Å². The zero-order valence-corrected chi connectivity index (χ0v) is 11.1. The molecule has 0 radical (unpaired) electrons. The number of nitrogens with one attached hydrogen (secondary N) is 1. The third-order valence-corrected chi connectivity index (χ3v) is 3.41. The first-order valence-electron chi connectivity index (χ1n) is 6.74. The van der Waals surface area contributed by atoms with Crippen LogP contribution < -0.4 is 5.32 Å². The molecule has 0 spiro atoms. The molecule has 0 bridgehead atoms. The second-order valence-electron chi connectivity index (χ2n) is 5.13. The van der Waals surface area contributed by atoms with Crippen molar-refractivity contribution in [3.8, 4) is 0 Å². The Morgan fingerprint density at radius 3 is 2.72 bits per heavy atom. The van der Waals surface area contributed by atoms with E-state index in [2.05, 4.69) is 17.4 Å². The predicted octanol–water partition coefficient (Wildman–Crippen LogP) is 1.69. The summed E-state index contributed by atoms with van der Waals surface area (Å²) in [6.45, 7) is 2.26. The molecule has 3 nitrogen and oxygen atoms in total. The van der Waals surface area contributed by atoms with Crippen LogP contribution in [0.3, 0.4) is 0 Å². The number of nitrogens with zero attached hydrogens (tertiary/aromatic N) is 1. The van der Waals surface area contributed by atoms with Crippen LogP contribution in [0.2, 0.25) is 0 Å². The van der Waals surface area contributed by atoms with E-state index in [1.54, 1.807) is 0 Å². The molecule has 98 valence electrons. The SMILES string of the molecule is CN(CCc1ccccc1)C(=O)CNCC1CC1. The van der Waals surface area contributed by atoms with E-state index in [1.165, 1.54) is 18.4 Å². The summed E-state index contributed by atoms with van der Waals surface area (Å²) in [5, 5.41) is 3.23. The van der Waals surface area contributed by atoms with Crippen LogP contribution in [-0.4, -0.2) is 37.5 Å². The quantitative estimate of drug-likeness (QED) is 0.794. The molecule has 1 amide bonds. The smallest absolute Gasteiger partial charge is 0.236 e. The molecule has 0 aliphatic heterocycles. The van der Waals surface area contributed by atoms with Gasteiger partial charge in [0.25, 0.3) is 0 Å². The van der Waals surface area contributed by atoms with E-state index in [4.69, 9.17) is 0 Å². The third kappa shape index (κ3) is 4.49. The van der Waals surface area contributed by atoms with E-state index in [0.717, 1.165) is 25.4 Å². The number of carbonyl (C=O) groups excluding carboxylic acids is 1. The summed E-state index contributed by atoms with van der Waals surface area (Å²) >= 11 is 0. The summed E-state index contributed by atoms with van der Waals surface area (Å²) in [5.41, 5.74) is 1.28. The lowest BCUT2D eigenvalue weighted by atomic mass is 10.1. The van der Waals surface area contributed by atoms with Crippen molar-refractivity contribution >= 4 is 5.91 Å². The Balaban J connectivity index is 1.63. The van der Waals surface area contributed by atoms with E-state index >= 15 is 0 Å². The molecule has 2 rings (SSSR count). The number of hydrogen-bond donors (Lipinski definition) is 1. The van der Waals surface area contributed by atoms with Crippen LogP contribution in [0.1, 0.15) is 18.4 Å². The Hall–Kier alpha value is -1.35. The van der Waals surface area contributed by atoms with E-state index in [-0.39, 0.29) is 5.91 Å². The Bertz CT molecular complexity index is 373. The van der Waals surface area contributed by atoms with Crippen LogP contribution in [0.25, 0.3) is 0 Å². The fraction of sp³-hybridized carbons (Fsp3) is 0.533. The topological polar surface area (TPSA) is 32.3 Å². The molecular formula is C15H22N2O. The molecule has 18 heavy (non-hydrogen) atoms. The zero-order chi connectivity index (χ0) is 12.8. The number of hydrogen-bond acceptors (Lipinski definition) is 2. The molecule has 3 heteroatoms. The molecule has 1 aromatic rings. The molecule has 1 aromatic carbocycles. The number of rotatable bonds is 7. The van der Waals surface area contributed by atoms with Gasteiger partial charge in [-0.15, -0.1) is 0 Å². The van der Waals surface area contributed by atoms with Gasteiger partial charge in [0.2, 0.25) is 5.91 Å². The van der Waals surface area contributed by atoms with Crippen LogP contribution in [0, 0.1) is 5.92 Å². The number of benzene rings is 1. The highest BCUT2D eigenvalue weighted by Gasteiger charge is 2.20. The first kappa shape index (κ1) is 13.1. The first-order chi connectivity index (χ1) is 8.75. The average molecular weight is 246 g/mol. The molecule has 1 saturated carbocycles. The second-order valence-corrected chi connectivity index (χ2v) is 5.13. The van der Waals surface area contributed by atoms with Gasteiger partial charge in [-0.2, -0.15) is 0 Å². The van der Waals surface area contributed by atoms with Crippen molar-refractivity contribution in [2.75, 3.05) is 26.7 Å². The molecule has 1 aliphatic carbocycles. The fourth-order valence-electron chi connectivity index (χ4n) is 1.91. The van der Waals surface area contributed by atoms with Crippen LogP contribution in [0.5, 0.6) is 0 Å². The molecule has 1 aliphatic rings. The molecular weight excluding hydrogens is 224 g/mol. The second kappa shape index (κ2) is 6.55. The number of likely N-dealkylation sites (N-methyl/N-ethyl adjacent to an activating group) is 1. The maximum atomic E-state index is 11.8. The van der Waals surface area contributed by atoms with E-state index in [9.17, 15) is 4.79 Å². The van der Waals surface area contributed by atoms with E-state index < -0.39 is 0 Å². The van der Waals surface area contributed by atoms with Crippen LogP contribution in [0.15, 0.2) is 30.3 Å². The van der Waals surface area contributed by atoms with Crippen molar-refractivity contribution in [2.45, 2.75) is 19.3 Å². The Labute approximate surface area is 109 Å². The monoisotopic (exact) mass is 246 g/mol. The van der Waals surface area contributed by atoms with Gasteiger partial charge in [-0.25, -0.2) is 0 Å². The largest absolute Gasteiger partial charge is 0.344 e. The maximum absolute atomic E-state index is 11.8. The number of carbonyl (C=O) groups is 1. The normalized spacial score (nSPS) is 14.5. The highest BCUT2D eigenvalue weighted by molar-refractivity contribution is 5.77. The molecule has 0 atom stereocenters. The van der Waals surface area contributed by atoms with Gasteiger partial charge in [-0.05, 0) is 37.3 Å². The highest BCUT2D eigenvalue weighted by atomic mass is 16.2. The highest BCUT2D eigenvalue weighted by Crippen LogP contribution is 2.27. The zero-order valence-electron chi connectivity index (χ0n) is 11.1. The molecule has 1 N–H and O–H groups in total. The third-order valence-electron chi connectivity index (χ3n) is 3.41. The lowest BCUT2D eigenvalue weighted by molar-refractivity contribution is -0.128. The van der Waals surface area contributed by atoms with Crippen molar-refractivity contribution < 1.29 is 4.79 Å². The molecule has 0 heterocycles. The van der Waals surface area contributed by atoms with Gasteiger partial charge in [0.15, 0.2) is 0 Å². The Morgan fingerprint density at radius 2 is 2.06 bits per heavy atom. The van der Waals surface area contributed by atoms with Crippen LogP contribution in [0.4, 0.5) is 0 Å². The molecule has 0 aromatic heterocycles. The Kier molecular flexibility index (Phi) is 4.76. The van der Waals surface area contributed by atoms with Gasteiger partial charge in [-0.1, -0.05) is 30.3 Å². The summed E-state index contributed by atoms with van der Waals surface area (Å²) in [5.74, 6) is 1.01. The minimum absolute atomic E-state index is 0.187. The summed E-state index contributed by atoms with van der Waals surface area (Å²) in [6, 6.07) is 10.3. The van der Waals surface area contributed by atoms with Gasteiger partial charge in [0.05, 0.1) is 6.54 Å². The minimum atomic E-state index is 0.187. The summed E-state index contributed by atoms with van der Waals surface area (Å²) < 4.78 is 0. The molecule has 0 saturated heterocycles. The van der Waals surface area contributed by atoms with E-state index in [1.807, 2.05) is 30.1 Å². The lowest BCUT2D eigenvalue weighted by Crippen LogP contribution is -2.37. The van der Waals surface area contributed by atoms with Gasteiger partial charge in [0, 0.05) is 13.6 Å². The van der Waals surface area contributed by atoms with Crippen molar-refractivity contribution in [3.63, 3.8) is 0 Å². The van der Waals surface area contributed by atoms with Gasteiger partial charge in [0.1, 0.15) is 0 Å². The summed E-state index contributed by atoms with van der Waals surface area (Å²) in [6.07, 6.45) is 3.57. The summed E-state index contributed by atoms with van der Waals surface area (Å²) in [7, 11) is 1.88. The molecule has 1 fully saturated rings. The van der Waals surface area contributed by atoms with Crippen molar-refractivity contribution in [2.24, 2.45) is 5.92 Å². The number of amides is 1. The predicted molar refractivity (Wildman–Crippen MR) is 73.4 cm³/mol. The van der Waals surface area contributed by atoms with Crippen LogP contribution in [-0.2, 0) is 11.2 Å². The van der Waals surface area contributed by atoms with Gasteiger partial charge in [-0.3, -0.25) is 4.79 Å². The standard InChI is InChI=1S/C15H22N2O/c1-17(10-9-13-5-3-2-4-6-13)15(18)12-16-11-14-7-8-14/h2-6,14,16H,7-12H2,1H3. The van der Waals surface area contributed by atoms with Gasteiger partial charge < -0.3 is 10.2 Å². The minimum Gasteiger partial charge on any atom is -0.344 e. The van der Waals surface area contributed by atoms with E-state index in [0.29, 0.717) is 6.54 Å². The van der Waals surface area contributed by atoms with Crippen molar-refractivity contribution in [3.05, 3.63) is 35.9 Å². The van der Waals surface area contributed by atoms with Crippen LogP contribution >= 0.6 is 0 Å². The Morgan fingerprint density at radius 1 is 1.33 bits per heavy atom. The summed E-state index contributed by atoms with van der Waals surface area (Å²) in [4.78, 5) is 13.6. The van der Waals surface area contributed by atoms with Crippen molar-refractivity contribution in [1.82, 2.24) is 10.2 Å².